The number of hydrogen-bond donors (Lipinski definition) is 1. The summed E-state index contributed by atoms with van der Waals surface area (Å²) in [5.41, 5.74) is 9.55. The van der Waals surface area contributed by atoms with E-state index in [1.54, 1.807) is 0 Å². The Balaban J connectivity index is 2.05. The van der Waals surface area contributed by atoms with Crippen molar-refractivity contribution in [2.75, 3.05) is 5.88 Å². The van der Waals surface area contributed by atoms with Crippen LogP contribution in [0, 0.1) is 6.92 Å². The van der Waals surface area contributed by atoms with Gasteiger partial charge >= 0.3 is 0 Å². The maximum atomic E-state index is 5.64. The number of imidazole rings is 1. The molecule has 4 nitrogen and oxygen atoms in total. The largest absolute Gasteiger partial charge is 0.386 e. The Hall–Kier alpha value is -2.33. The Morgan fingerprint density at radius 1 is 1.19 bits per heavy atom. The predicted molar refractivity (Wildman–Crippen MR) is 87.8 cm³/mol. The summed E-state index contributed by atoms with van der Waals surface area (Å²) in [4.78, 5) is 8.79. The zero-order valence-electron chi connectivity index (χ0n) is 11.6. The predicted octanol–water partition coefficient (Wildman–Crippen LogP) is 3.56. The molecule has 1 heterocycles. The number of alkyl halides is 1. The second-order valence-electron chi connectivity index (χ2n) is 4.74. The summed E-state index contributed by atoms with van der Waals surface area (Å²) in [7, 11) is 0. The van der Waals surface area contributed by atoms with Crippen LogP contribution < -0.4 is 5.73 Å². The molecule has 0 aliphatic rings. The van der Waals surface area contributed by atoms with Crippen LogP contribution in [-0.4, -0.2) is 21.3 Å². The Bertz CT molecular complexity index is 803. The first kappa shape index (κ1) is 13.6. The molecule has 3 aromatic rings. The van der Waals surface area contributed by atoms with Crippen molar-refractivity contribution in [2.45, 2.75) is 6.92 Å². The van der Waals surface area contributed by atoms with Crippen LogP contribution in [0.15, 0.2) is 53.5 Å². The average Bonchev–Trinajstić information content (AvgIpc) is 2.84. The highest BCUT2D eigenvalue weighted by atomic mass is 35.5. The average molecular weight is 299 g/mol. The molecule has 106 valence electrons. The van der Waals surface area contributed by atoms with Crippen LogP contribution in [0.3, 0.4) is 0 Å². The van der Waals surface area contributed by atoms with E-state index in [9.17, 15) is 0 Å². The van der Waals surface area contributed by atoms with Crippen molar-refractivity contribution < 1.29 is 0 Å². The molecule has 0 spiro atoms. The third kappa shape index (κ3) is 2.62. The van der Waals surface area contributed by atoms with Gasteiger partial charge in [0.15, 0.2) is 0 Å². The highest BCUT2D eigenvalue weighted by molar-refractivity contribution is 6.28. The Labute approximate surface area is 127 Å². The van der Waals surface area contributed by atoms with Crippen LogP contribution in [0.4, 0.5) is 5.69 Å². The highest BCUT2D eigenvalue weighted by Gasteiger charge is 2.08. The van der Waals surface area contributed by atoms with Crippen molar-refractivity contribution in [3.63, 3.8) is 0 Å². The van der Waals surface area contributed by atoms with Crippen LogP contribution in [-0.2, 0) is 0 Å². The first-order chi connectivity index (χ1) is 10.2. The summed E-state index contributed by atoms with van der Waals surface area (Å²) in [6, 6.07) is 15.9. The number of halogens is 1. The maximum absolute atomic E-state index is 5.64. The standard InChI is InChI=1S/C16H15ClN4/c1-11-19-14-4-2-3-5-15(14)21(11)13-8-6-12(7-9-13)20-16(18)10-17/h2-9H,10H2,1H3,(H2,18,20). The van der Waals surface area contributed by atoms with Crippen molar-refractivity contribution in [1.82, 2.24) is 9.55 Å². The third-order valence-electron chi connectivity index (χ3n) is 3.25. The van der Waals surface area contributed by atoms with E-state index < -0.39 is 0 Å². The molecule has 0 radical (unpaired) electrons. The van der Waals surface area contributed by atoms with Crippen molar-refractivity contribution in [1.29, 1.82) is 0 Å². The van der Waals surface area contributed by atoms with Gasteiger partial charge < -0.3 is 5.73 Å². The number of benzene rings is 2. The minimum Gasteiger partial charge on any atom is -0.386 e. The Morgan fingerprint density at radius 3 is 2.62 bits per heavy atom. The number of para-hydroxylation sites is 2. The van der Waals surface area contributed by atoms with Gasteiger partial charge in [0.05, 0.1) is 22.6 Å². The molecule has 2 aromatic carbocycles. The van der Waals surface area contributed by atoms with Gasteiger partial charge in [-0.05, 0) is 43.3 Å². The fourth-order valence-corrected chi connectivity index (χ4v) is 2.40. The van der Waals surface area contributed by atoms with E-state index in [-0.39, 0.29) is 5.88 Å². The summed E-state index contributed by atoms with van der Waals surface area (Å²) < 4.78 is 2.12. The summed E-state index contributed by atoms with van der Waals surface area (Å²) in [5, 5.41) is 0. The zero-order valence-corrected chi connectivity index (χ0v) is 12.4. The molecule has 21 heavy (non-hydrogen) atoms. The van der Waals surface area contributed by atoms with E-state index in [1.165, 1.54) is 0 Å². The van der Waals surface area contributed by atoms with Crippen LogP contribution in [0.5, 0.6) is 0 Å². The molecule has 0 saturated heterocycles. The van der Waals surface area contributed by atoms with Crippen molar-refractivity contribution in [2.24, 2.45) is 10.7 Å². The second kappa shape index (κ2) is 5.58. The summed E-state index contributed by atoms with van der Waals surface area (Å²) in [6.07, 6.45) is 0. The normalized spacial score (nSPS) is 12.0. The number of fused-ring (bicyclic) bond motifs is 1. The van der Waals surface area contributed by atoms with E-state index in [2.05, 4.69) is 20.6 Å². The van der Waals surface area contributed by atoms with E-state index in [0.29, 0.717) is 5.84 Å². The molecular formula is C16H15ClN4. The lowest BCUT2D eigenvalue weighted by molar-refractivity contribution is 1.00. The van der Waals surface area contributed by atoms with E-state index >= 15 is 0 Å². The van der Waals surface area contributed by atoms with E-state index in [1.807, 2.05) is 49.4 Å². The van der Waals surface area contributed by atoms with Crippen LogP contribution in [0.25, 0.3) is 16.7 Å². The molecule has 0 unspecified atom stereocenters. The minimum atomic E-state index is 0.229. The van der Waals surface area contributed by atoms with Crippen molar-refractivity contribution >= 4 is 34.2 Å². The lowest BCUT2D eigenvalue weighted by Gasteiger charge is -2.07. The molecule has 0 aliphatic heterocycles. The van der Waals surface area contributed by atoms with E-state index in [0.717, 1.165) is 28.2 Å². The number of hydrogen-bond acceptors (Lipinski definition) is 2. The molecular weight excluding hydrogens is 284 g/mol. The van der Waals surface area contributed by atoms with Gasteiger partial charge in [-0.15, -0.1) is 11.6 Å². The van der Waals surface area contributed by atoms with Gasteiger partial charge in [0.1, 0.15) is 11.7 Å². The molecule has 0 fully saturated rings. The van der Waals surface area contributed by atoms with Gasteiger partial charge in [0, 0.05) is 5.69 Å². The quantitative estimate of drug-likeness (QED) is 0.456. The summed E-state index contributed by atoms with van der Waals surface area (Å²) in [5.74, 6) is 1.59. The van der Waals surface area contributed by atoms with Gasteiger partial charge in [-0.3, -0.25) is 4.57 Å². The van der Waals surface area contributed by atoms with Gasteiger partial charge in [-0.1, -0.05) is 12.1 Å². The van der Waals surface area contributed by atoms with Gasteiger partial charge in [-0.2, -0.15) is 0 Å². The SMILES string of the molecule is Cc1nc2ccccc2n1-c1ccc(N=C(N)CCl)cc1. The fourth-order valence-electron chi connectivity index (χ4n) is 2.34. The number of aliphatic imine (C=N–C) groups is 1. The van der Waals surface area contributed by atoms with Crippen LogP contribution >= 0.6 is 11.6 Å². The monoisotopic (exact) mass is 298 g/mol. The molecule has 5 heteroatoms. The molecule has 0 saturated carbocycles. The number of nitrogens with two attached hydrogens (primary N) is 1. The second-order valence-corrected chi connectivity index (χ2v) is 5.00. The Kier molecular flexibility index (Phi) is 3.62. The topological polar surface area (TPSA) is 56.2 Å². The Morgan fingerprint density at radius 2 is 1.90 bits per heavy atom. The summed E-state index contributed by atoms with van der Waals surface area (Å²) >= 11 is 5.63. The number of amidine groups is 1. The highest BCUT2D eigenvalue weighted by Crippen LogP contribution is 2.23. The number of aromatic nitrogens is 2. The molecule has 0 atom stereocenters. The third-order valence-corrected chi connectivity index (χ3v) is 3.52. The fraction of sp³-hybridized carbons (Fsp3) is 0.125. The lowest BCUT2D eigenvalue weighted by atomic mass is 10.2. The molecule has 2 N–H and O–H groups in total. The summed E-state index contributed by atoms with van der Waals surface area (Å²) in [6.45, 7) is 2.00. The molecule has 0 bridgehead atoms. The number of nitrogens with zero attached hydrogens (tertiary/aromatic N) is 3. The van der Waals surface area contributed by atoms with Crippen LogP contribution in [0.1, 0.15) is 5.82 Å². The number of aryl methyl sites for hydroxylation is 1. The molecule has 3 rings (SSSR count). The molecule has 1 aromatic heterocycles. The smallest absolute Gasteiger partial charge is 0.115 e. The van der Waals surface area contributed by atoms with Crippen molar-refractivity contribution in [3.8, 4) is 5.69 Å². The van der Waals surface area contributed by atoms with Gasteiger partial charge in [0.2, 0.25) is 0 Å². The number of rotatable bonds is 3. The van der Waals surface area contributed by atoms with E-state index in [4.69, 9.17) is 17.3 Å². The van der Waals surface area contributed by atoms with Crippen LogP contribution in [0.2, 0.25) is 0 Å². The molecule has 0 amide bonds. The lowest BCUT2D eigenvalue weighted by Crippen LogP contribution is -2.12. The maximum Gasteiger partial charge on any atom is 0.115 e. The zero-order chi connectivity index (χ0) is 14.8. The minimum absolute atomic E-state index is 0.229. The first-order valence-electron chi connectivity index (χ1n) is 6.62. The van der Waals surface area contributed by atoms with Gasteiger partial charge in [0.25, 0.3) is 0 Å². The van der Waals surface area contributed by atoms with Gasteiger partial charge in [-0.25, -0.2) is 9.98 Å². The van der Waals surface area contributed by atoms with Crippen molar-refractivity contribution in [3.05, 3.63) is 54.4 Å². The molecule has 0 aliphatic carbocycles. The first-order valence-corrected chi connectivity index (χ1v) is 7.16.